The van der Waals surface area contributed by atoms with Crippen molar-refractivity contribution in [2.24, 2.45) is 11.3 Å². The number of carbonyl (C=O) groups is 1. The molecule has 0 spiro atoms. The largest absolute Gasteiger partial charge is 0.465 e. The third-order valence-corrected chi connectivity index (χ3v) is 3.21. The molecule has 1 fully saturated rings. The van der Waals surface area contributed by atoms with Gasteiger partial charge in [-0.25, -0.2) is 0 Å². The van der Waals surface area contributed by atoms with Crippen LogP contribution in [0.15, 0.2) is 0 Å². The molecule has 2 atom stereocenters. The van der Waals surface area contributed by atoms with E-state index in [1.165, 1.54) is 0 Å². The molecule has 2 unspecified atom stereocenters. The van der Waals surface area contributed by atoms with Crippen LogP contribution in [0, 0.1) is 11.3 Å². The van der Waals surface area contributed by atoms with E-state index in [2.05, 4.69) is 26.1 Å². The lowest BCUT2D eigenvalue weighted by Crippen LogP contribution is -2.47. The smallest absolute Gasteiger partial charge is 0.323 e. The van der Waals surface area contributed by atoms with Crippen LogP contribution in [-0.2, 0) is 9.53 Å². The maximum Gasteiger partial charge on any atom is 0.323 e. The lowest BCUT2D eigenvalue weighted by molar-refractivity contribution is -0.146. The van der Waals surface area contributed by atoms with Crippen molar-refractivity contribution in [2.75, 3.05) is 13.2 Å². The van der Waals surface area contributed by atoms with Crippen molar-refractivity contribution in [3.05, 3.63) is 0 Å². The Hall–Kier alpha value is -0.570. The quantitative estimate of drug-likeness (QED) is 0.713. The molecule has 3 nitrogen and oxygen atoms in total. The second-order valence-electron chi connectivity index (χ2n) is 5.35. The molecule has 0 aliphatic carbocycles. The third-order valence-electron chi connectivity index (χ3n) is 3.21. The second-order valence-corrected chi connectivity index (χ2v) is 5.35. The van der Waals surface area contributed by atoms with Crippen LogP contribution in [0.4, 0.5) is 0 Å². The predicted molar refractivity (Wildman–Crippen MR) is 60.6 cm³/mol. The van der Waals surface area contributed by atoms with E-state index in [0.29, 0.717) is 17.9 Å². The van der Waals surface area contributed by atoms with Crippen LogP contribution < -0.4 is 5.32 Å². The highest BCUT2D eigenvalue weighted by atomic mass is 16.5. The van der Waals surface area contributed by atoms with Gasteiger partial charge in [-0.15, -0.1) is 0 Å². The predicted octanol–water partition coefficient (Wildman–Crippen LogP) is 1.96. The van der Waals surface area contributed by atoms with Crippen LogP contribution in [0.2, 0.25) is 0 Å². The SMILES string of the molecule is CCOC(=O)C1CCC(C(C)(C)C)CN1. The number of hydrogen-bond acceptors (Lipinski definition) is 3. The summed E-state index contributed by atoms with van der Waals surface area (Å²) in [7, 11) is 0. The molecule has 3 heteroatoms. The number of rotatable bonds is 2. The van der Waals surface area contributed by atoms with E-state index >= 15 is 0 Å². The molecule has 1 aliphatic heterocycles. The van der Waals surface area contributed by atoms with Gasteiger partial charge in [0, 0.05) is 0 Å². The van der Waals surface area contributed by atoms with Gasteiger partial charge in [0.1, 0.15) is 6.04 Å². The lowest BCUT2D eigenvalue weighted by atomic mass is 9.75. The monoisotopic (exact) mass is 213 g/mol. The van der Waals surface area contributed by atoms with Gasteiger partial charge in [-0.1, -0.05) is 20.8 Å². The highest BCUT2D eigenvalue weighted by molar-refractivity contribution is 5.75. The third kappa shape index (κ3) is 3.49. The van der Waals surface area contributed by atoms with Gasteiger partial charge in [0.25, 0.3) is 0 Å². The Labute approximate surface area is 92.6 Å². The molecule has 1 rings (SSSR count). The molecule has 0 saturated carbocycles. The number of esters is 1. The number of ether oxygens (including phenoxy) is 1. The fourth-order valence-corrected chi connectivity index (χ4v) is 2.04. The Morgan fingerprint density at radius 1 is 1.40 bits per heavy atom. The zero-order chi connectivity index (χ0) is 11.5. The van der Waals surface area contributed by atoms with Crippen molar-refractivity contribution >= 4 is 5.97 Å². The lowest BCUT2D eigenvalue weighted by Gasteiger charge is -2.36. The summed E-state index contributed by atoms with van der Waals surface area (Å²) in [5, 5.41) is 3.29. The van der Waals surface area contributed by atoms with E-state index in [1.54, 1.807) is 0 Å². The highest BCUT2D eigenvalue weighted by Crippen LogP contribution is 2.32. The summed E-state index contributed by atoms with van der Waals surface area (Å²) in [5.74, 6) is 0.563. The number of nitrogens with one attached hydrogen (secondary N) is 1. The van der Waals surface area contributed by atoms with Crippen molar-refractivity contribution in [3.8, 4) is 0 Å². The molecular weight excluding hydrogens is 190 g/mol. The second kappa shape index (κ2) is 4.97. The normalized spacial score (nSPS) is 27.5. The van der Waals surface area contributed by atoms with Gasteiger partial charge in [0.05, 0.1) is 6.61 Å². The summed E-state index contributed by atoms with van der Waals surface area (Å²) in [6.45, 7) is 10.0. The minimum absolute atomic E-state index is 0.0800. The van der Waals surface area contributed by atoms with E-state index in [4.69, 9.17) is 4.74 Å². The molecule has 0 amide bonds. The summed E-state index contributed by atoms with van der Waals surface area (Å²) < 4.78 is 5.00. The van der Waals surface area contributed by atoms with Crippen molar-refractivity contribution < 1.29 is 9.53 Å². The molecule has 88 valence electrons. The van der Waals surface area contributed by atoms with Gasteiger partial charge in [-0.05, 0) is 37.6 Å². The fraction of sp³-hybridized carbons (Fsp3) is 0.917. The highest BCUT2D eigenvalue weighted by Gasteiger charge is 2.32. The molecule has 0 aromatic carbocycles. The summed E-state index contributed by atoms with van der Waals surface area (Å²) in [5.41, 5.74) is 0.326. The fourth-order valence-electron chi connectivity index (χ4n) is 2.04. The number of hydrogen-bond donors (Lipinski definition) is 1. The Bertz CT molecular complexity index is 212. The topological polar surface area (TPSA) is 38.3 Å². The van der Waals surface area contributed by atoms with Gasteiger partial charge in [0.15, 0.2) is 0 Å². The van der Waals surface area contributed by atoms with Crippen LogP contribution >= 0.6 is 0 Å². The summed E-state index contributed by atoms with van der Waals surface area (Å²) in [4.78, 5) is 11.5. The maximum atomic E-state index is 11.5. The van der Waals surface area contributed by atoms with Crippen LogP contribution in [-0.4, -0.2) is 25.2 Å². The van der Waals surface area contributed by atoms with Crippen LogP contribution in [0.25, 0.3) is 0 Å². The average Bonchev–Trinajstić information content (AvgIpc) is 2.17. The Morgan fingerprint density at radius 3 is 2.47 bits per heavy atom. The van der Waals surface area contributed by atoms with Crippen molar-refractivity contribution in [3.63, 3.8) is 0 Å². The first-order valence-corrected chi connectivity index (χ1v) is 5.85. The van der Waals surface area contributed by atoms with E-state index < -0.39 is 0 Å². The minimum atomic E-state index is -0.0927. The molecule has 0 aromatic heterocycles. The number of piperidine rings is 1. The summed E-state index contributed by atoms with van der Waals surface area (Å²) in [6, 6.07) is -0.0800. The van der Waals surface area contributed by atoms with Gasteiger partial charge in [-0.3, -0.25) is 4.79 Å². The molecule has 1 saturated heterocycles. The van der Waals surface area contributed by atoms with Gasteiger partial charge in [0.2, 0.25) is 0 Å². The molecular formula is C12H23NO2. The molecule has 0 bridgehead atoms. The summed E-state index contributed by atoms with van der Waals surface area (Å²) in [6.07, 6.45) is 2.01. The average molecular weight is 213 g/mol. The summed E-state index contributed by atoms with van der Waals surface area (Å²) >= 11 is 0. The van der Waals surface area contributed by atoms with Gasteiger partial charge >= 0.3 is 5.97 Å². The molecule has 15 heavy (non-hydrogen) atoms. The first-order chi connectivity index (χ1) is 6.95. The minimum Gasteiger partial charge on any atom is -0.465 e. The molecule has 0 radical (unpaired) electrons. The van der Waals surface area contributed by atoms with E-state index in [1.807, 2.05) is 6.92 Å². The van der Waals surface area contributed by atoms with Gasteiger partial charge in [-0.2, -0.15) is 0 Å². The van der Waals surface area contributed by atoms with Gasteiger partial charge < -0.3 is 10.1 Å². The standard InChI is InChI=1S/C12H23NO2/c1-5-15-11(14)10-7-6-9(8-13-10)12(2,3)4/h9-10,13H,5-8H2,1-4H3. The van der Waals surface area contributed by atoms with Crippen molar-refractivity contribution in [2.45, 2.75) is 46.6 Å². The van der Waals surface area contributed by atoms with Crippen LogP contribution in [0.5, 0.6) is 0 Å². The zero-order valence-electron chi connectivity index (χ0n) is 10.3. The van der Waals surface area contributed by atoms with Crippen LogP contribution in [0.3, 0.4) is 0 Å². The molecule has 1 heterocycles. The van der Waals surface area contributed by atoms with E-state index in [0.717, 1.165) is 19.4 Å². The van der Waals surface area contributed by atoms with E-state index in [-0.39, 0.29) is 12.0 Å². The maximum absolute atomic E-state index is 11.5. The van der Waals surface area contributed by atoms with Crippen LogP contribution in [0.1, 0.15) is 40.5 Å². The van der Waals surface area contributed by atoms with E-state index in [9.17, 15) is 4.79 Å². The van der Waals surface area contributed by atoms with Crippen molar-refractivity contribution in [1.82, 2.24) is 5.32 Å². The first kappa shape index (κ1) is 12.5. The first-order valence-electron chi connectivity index (χ1n) is 5.85. The molecule has 0 aromatic rings. The van der Waals surface area contributed by atoms with Crippen molar-refractivity contribution in [1.29, 1.82) is 0 Å². The zero-order valence-corrected chi connectivity index (χ0v) is 10.3. The molecule has 1 aliphatic rings. The Kier molecular flexibility index (Phi) is 4.14. The number of carbonyl (C=O) groups excluding carboxylic acids is 1. The molecule has 1 N–H and O–H groups in total. The Morgan fingerprint density at radius 2 is 2.07 bits per heavy atom. The Balaban J connectivity index is 2.39.